The van der Waals surface area contributed by atoms with Gasteiger partial charge in [0.1, 0.15) is 5.75 Å². The normalized spacial score (nSPS) is 11.2. The van der Waals surface area contributed by atoms with E-state index in [9.17, 15) is 13.2 Å². The molecule has 0 radical (unpaired) electrons. The molecule has 2 rings (SSSR count). The largest absolute Gasteiger partial charge is 0.496 e. The second kappa shape index (κ2) is 9.27. The summed E-state index contributed by atoms with van der Waals surface area (Å²) in [6.07, 6.45) is 0. The van der Waals surface area contributed by atoms with E-state index in [1.807, 2.05) is 24.3 Å². The van der Waals surface area contributed by atoms with E-state index in [4.69, 9.17) is 21.5 Å². The minimum Gasteiger partial charge on any atom is -0.496 e. The number of nitrogens with two attached hydrogens (primary N) is 1. The quantitative estimate of drug-likeness (QED) is 0.647. The van der Waals surface area contributed by atoms with Crippen molar-refractivity contribution in [2.75, 3.05) is 19.4 Å². The number of hydrogen-bond donors (Lipinski definition) is 2. The summed E-state index contributed by atoms with van der Waals surface area (Å²) in [5, 5.41) is 8.56. The lowest BCUT2D eigenvalue weighted by Gasteiger charge is -2.10. The van der Waals surface area contributed by atoms with Crippen LogP contribution in [0.4, 0.5) is 0 Å². The molecule has 0 aliphatic heterocycles. The fourth-order valence-electron chi connectivity index (χ4n) is 2.14. The van der Waals surface area contributed by atoms with E-state index in [0.717, 1.165) is 11.3 Å². The Balaban J connectivity index is 1.90. The van der Waals surface area contributed by atoms with Crippen molar-refractivity contribution in [3.63, 3.8) is 0 Å². The predicted octanol–water partition coefficient (Wildman–Crippen LogP) is 2.66. The Hall–Kier alpha value is -1.74. The van der Waals surface area contributed by atoms with E-state index in [2.05, 4.69) is 5.32 Å². The molecule has 3 N–H and O–H groups in total. The molecule has 0 bridgehead atoms. The summed E-state index contributed by atoms with van der Waals surface area (Å²) < 4.78 is 28.0. The maximum atomic E-state index is 12.3. The topological polar surface area (TPSA) is 98.5 Å². The zero-order valence-electron chi connectivity index (χ0n) is 14.1. The Kier molecular flexibility index (Phi) is 7.33. The van der Waals surface area contributed by atoms with Gasteiger partial charge in [-0.1, -0.05) is 23.7 Å². The Bertz CT molecular complexity index is 871. The van der Waals surface area contributed by atoms with Crippen molar-refractivity contribution in [3.8, 4) is 5.75 Å². The number of rotatable bonds is 8. The third-order valence-corrected chi connectivity index (χ3v) is 5.65. The number of sulfonamides is 1. The van der Waals surface area contributed by atoms with Gasteiger partial charge in [0.25, 0.3) is 5.91 Å². The number of hydrogen-bond acceptors (Lipinski definition) is 5. The average Bonchev–Trinajstić information content (AvgIpc) is 2.61. The fourth-order valence-corrected chi connectivity index (χ4v) is 3.63. The molecule has 0 aliphatic carbocycles. The van der Waals surface area contributed by atoms with Crippen LogP contribution in [0, 0.1) is 0 Å². The van der Waals surface area contributed by atoms with Gasteiger partial charge >= 0.3 is 0 Å². The predicted molar refractivity (Wildman–Crippen MR) is 104 cm³/mol. The highest BCUT2D eigenvalue weighted by Gasteiger charge is 2.17. The number of carbonyl (C=O) groups excluding carboxylic acids is 1. The molecule has 0 atom stereocenters. The number of amides is 1. The molecule has 0 unspecified atom stereocenters. The van der Waals surface area contributed by atoms with Crippen molar-refractivity contribution in [2.45, 2.75) is 10.6 Å². The smallest absolute Gasteiger partial charge is 0.255 e. The summed E-state index contributed by atoms with van der Waals surface area (Å²) in [4.78, 5) is 12.2. The van der Waals surface area contributed by atoms with Gasteiger partial charge in [0.05, 0.1) is 17.6 Å². The molecule has 0 heterocycles. The minimum absolute atomic E-state index is 0.127. The lowest BCUT2D eigenvalue weighted by molar-refractivity contribution is 0.0953. The van der Waals surface area contributed by atoms with Gasteiger partial charge in [-0.2, -0.15) is 11.8 Å². The van der Waals surface area contributed by atoms with Gasteiger partial charge in [-0.25, -0.2) is 13.6 Å². The van der Waals surface area contributed by atoms with Crippen LogP contribution in [0.15, 0.2) is 47.4 Å². The van der Waals surface area contributed by atoms with Crippen LogP contribution in [0.3, 0.4) is 0 Å². The van der Waals surface area contributed by atoms with Crippen molar-refractivity contribution in [1.29, 1.82) is 0 Å². The molecule has 0 fully saturated rings. The fraction of sp³-hybridized carbons (Fsp3) is 0.235. The lowest BCUT2D eigenvalue weighted by Crippen LogP contribution is -2.26. The van der Waals surface area contributed by atoms with Gasteiger partial charge in [0, 0.05) is 23.1 Å². The lowest BCUT2D eigenvalue weighted by atomic mass is 10.2. The Morgan fingerprint density at radius 2 is 1.92 bits per heavy atom. The highest BCUT2D eigenvalue weighted by atomic mass is 35.5. The van der Waals surface area contributed by atoms with Crippen LogP contribution in [0.25, 0.3) is 0 Å². The maximum absolute atomic E-state index is 12.3. The molecule has 2 aromatic rings. The third kappa shape index (κ3) is 5.91. The first-order chi connectivity index (χ1) is 12.3. The van der Waals surface area contributed by atoms with Crippen LogP contribution in [0.2, 0.25) is 5.02 Å². The molecule has 6 nitrogen and oxygen atoms in total. The average molecular weight is 415 g/mol. The van der Waals surface area contributed by atoms with Gasteiger partial charge < -0.3 is 10.1 Å². The molecule has 140 valence electrons. The zero-order chi connectivity index (χ0) is 19.2. The molecular formula is C17H19ClN2O4S2. The molecule has 0 spiro atoms. The van der Waals surface area contributed by atoms with Gasteiger partial charge in [0.15, 0.2) is 0 Å². The molecule has 1 amide bonds. The number of nitrogens with one attached hydrogen (secondary N) is 1. The van der Waals surface area contributed by atoms with E-state index in [0.29, 0.717) is 17.3 Å². The van der Waals surface area contributed by atoms with Gasteiger partial charge in [0.2, 0.25) is 10.0 Å². The van der Waals surface area contributed by atoms with Crippen molar-refractivity contribution in [3.05, 3.63) is 58.6 Å². The number of thioether (sulfide) groups is 1. The summed E-state index contributed by atoms with van der Waals surface area (Å²) in [6.45, 7) is 0.430. The number of benzene rings is 2. The molecule has 0 aromatic heterocycles. The summed E-state index contributed by atoms with van der Waals surface area (Å²) in [5.41, 5.74) is 1.27. The number of methoxy groups -OCH3 is 1. The van der Waals surface area contributed by atoms with Crippen LogP contribution >= 0.6 is 23.4 Å². The van der Waals surface area contributed by atoms with Crippen LogP contribution in [0.1, 0.15) is 15.9 Å². The number of carbonyl (C=O) groups is 1. The second-order valence-electron chi connectivity index (χ2n) is 5.34. The van der Waals surface area contributed by atoms with Crippen molar-refractivity contribution < 1.29 is 17.9 Å². The minimum atomic E-state index is -3.90. The second-order valence-corrected chi connectivity index (χ2v) is 8.45. The van der Waals surface area contributed by atoms with Crippen LogP contribution in [-0.2, 0) is 15.8 Å². The van der Waals surface area contributed by atoms with E-state index >= 15 is 0 Å². The molecular weight excluding hydrogens is 396 g/mol. The Morgan fingerprint density at radius 1 is 1.23 bits per heavy atom. The van der Waals surface area contributed by atoms with Crippen molar-refractivity contribution in [1.82, 2.24) is 5.32 Å². The first-order valence-corrected chi connectivity index (χ1v) is 10.7. The highest BCUT2D eigenvalue weighted by Crippen LogP contribution is 2.22. The van der Waals surface area contributed by atoms with E-state index in [1.165, 1.54) is 25.3 Å². The number of primary sulfonamides is 1. The SMILES string of the molecule is COc1ccc(S(N)(=O)=O)cc1C(=O)NCCSCc1ccc(Cl)cc1. The molecule has 2 aromatic carbocycles. The van der Waals surface area contributed by atoms with Crippen LogP contribution in [-0.4, -0.2) is 33.7 Å². The van der Waals surface area contributed by atoms with E-state index in [-0.39, 0.29) is 16.2 Å². The van der Waals surface area contributed by atoms with Gasteiger partial charge in [-0.3, -0.25) is 4.79 Å². The molecule has 9 heteroatoms. The summed E-state index contributed by atoms with van der Waals surface area (Å²) in [6, 6.07) is 11.5. The van der Waals surface area contributed by atoms with Gasteiger partial charge in [-0.15, -0.1) is 0 Å². The van der Waals surface area contributed by atoms with Gasteiger partial charge in [-0.05, 0) is 35.9 Å². The summed E-state index contributed by atoms with van der Waals surface area (Å²) in [5.74, 6) is 1.37. The first-order valence-electron chi connectivity index (χ1n) is 7.62. The Labute approximate surface area is 162 Å². The van der Waals surface area contributed by atoms with Crippen molar-refractivity contribution >= 4 is 39.3 Å². The first kappa shape index (κ1) is 20.6. The molecule has 0 saturated carbocycles. The molecule has 0 saturated heterocycles. The van der Waals surface area contributed by atoms with Crippen molar-refractivity contribution in [2.24, 2.45) is 5.14 Å². The number of ether oxygens (including phenoxy) is 1. The van der Waals surface area contributed by atoms with Crippen LogP contribution in [0.5, 0.6) is 5.75 Å². The highest BCUT2D eigenvalue weighted by molar-refractivity contribution is 7.98. The third-order valence-electron chi connectivity index (χ3n) is 3.46. The zero-order valence-corrected chi connectivity index (χ0v) is 16.5. The van der Waals surface area contributed by atoms with Crippen LogP contribution < -0.4 is 15.2 Å². The summed E-state index contributed by atoms with van der Waals surface area (Å²) >= 11 is 7.50. The van der Waals surface area contributed by atoms with E-state index < -0.39 is 15.9 Å². The number of halogens is 1. The molecule has 0 aliphatic rings. The van der Waals surface area contributed by atoms with E-state index in [1.54, 1.807) is 11.8 Å². The molecule has 26 heavy (non-hydrogen) atoms. The summed E-state index contributed by atoms with van der Waals surface area (Å²) in [7, 11) is -2.49. The Morgan fingerprint density at radius 3 is 2.54 bits per heavy atom. The standard InChI is InChI=1S/C17H19ClN2O4S2/c1-24-16-7-6-14(26(19,22)23)10-15(16)17(21)20-8-9-25-11-12-2-4-13(18)5-3-12/h2-7,10H,8-9,11H2,1H3,(H,20,21)(H2,19,22,23). The monoisotopic (exact) mass is 414 g/mol. The maximum Gasteiger partial charge on any atom is 0.255 e.